The molecule has 12 heavy (non-hydrogen) atoms. The lowest BCUT2D eigenvalue weighted by Crippen LogP contribution is -2.16. The Morgan fingerprint density at radius 3 is 2.92 bits per heavy atom. The predicted molar refractivity (Wildman–Crippen MR) is 48.9 cm³/mol. The van der Waals surface area contributed by atoms with Crippen molar-refractivity contribution in [2.75, 3.05) is 6.54 Å². The van der Waals surface area contributed by atoms with Crippen molar-refractivity contribution in [1.29, 1.82) is 0 Å². The molecule has 1 rings (SSSR count). The Morgan fingerprint density at radius 2 is 2.25 bits per heavy atom. The van der Waals surface area contributed by atoms with Gasteiger partial charge in [-0.25, -0.2) is 0 Å². The van der Waals surface area contributed by atoms with Gasteiger partial charge < -0.3 is 10.3 Å². The van der Waals surface area contributed by atoms with Crippen LogP contribution in [0.4, 0.5) is 0 Å². The van der Waals surface area contributed by atoms with Crippen LogP contribution in [0.3, 0.4) is 0 Å². The Balaban J connectivity index is 2.70. The molecule has 0 aromatic carbocycles. The van der Waals surface area contributed by atoms with Gasteiger partial charge in [-0.1, -0.05) is 18.2 Å². The largest absolute Gasteiger partial charge is 0.327 e. The molecule has 0 aliphatic rings. The average molecular weight is 164 g/mol. The molecule has 0 unspecified atom stereocenters. The van der Waals surface area contributed by atoms with Gasteiger partial charge in [0.05, 0.1) is 0 Å². The maximum Gasteiger partial charge on any atom is 0.250 e. The minimum Gasteiger partial charge on any atom is -0.327 e. The molecule has 0 aliphatic carbocycles. The van der Waals surface area contributed by atoms with Crippen LogP contribution in [0.15, 0.2) is 41.3 Å². The molecule has 1 aromatic rings. The highest BCUT2D eigenvalue weighted by molar-refractivity contribution is 4.95. The summed E-state index contributed by atoms with van der Waals surface area (Å²) in [5.41, 5.74) is 5.27. The van der Waals surface area contributed by atoms with E-state index < -0.39 is 0 Å². The predicted octanol–water partition coefficient (Wildman–Crippen LogP) is 0.363. The minimum atomic E-state index is 0.0131. The first kappa shape index (κ1) is 8.74. The zero-order chi connectivity index (χ0) is 8.81. The molecule has 0 aliphatic heterocycles. The molecule has 2 N–H and O–H groups in total. The zero-order valence-electron chi connectivity index (χ0n) is 6.81. The third kappa shape index (κ3) is 2.36. The second kappa shape index (κ2) is 4.51. The second-order valence-electron chi connectivity index (χ2n) is 2.40. The summed E-state index contributed by atoms with van der Waals surface area (Å²) in [6.45, 7) is 1.11. The number of aromatic nitrogens is 1. The van der Waals surface area contributed by atoms with E-state index in [0.29, 0.717) is 13.1 Å². The molecule has 3 nitrogen and oxygen atoms in total. The van der Waals surface area contributed by atoms with Crippen LogP contribution in [0.5, 0.6) is 0 Å². The monoisotopic (exact) mass is 164 g/mol. The normalized spacial score (nSPS) is 10.8. The molecule has 0 saturated carbocycles. The molecule has 0 amide bonds. The Bertz CT molecular complexity index is 314. The van der Waals surface area contributed by atoms with Crippen LogP contribution in [0, 0.1) is 0 Å². The van der Waals surface area contributed by atoms with E-state index >= 15 is 0 Å². The van der Waals surface area contributed by atoms with Crippen LogP contribution < -0.4 is 11.3 Å². The van der Waals surface area contributed by atoms with Gasteiger partial charge in [0.2, 0.25) is 0 Å². The van der Waals surface area contributed by atoms with Crippen LogP contribution in [0.25, 0.3) is 0 Å². The van der Waals surface area contributed by atoms with Crippen LogP contribution in [0.1, 0.15) is 0 Å². The lowest BCUT2D eigenvalue weighted by molar-refractivity contribution is 0.777. The molecule has 0 saturated heterocycles. The Hall–Kier alpha value is -1.35. The summed E-state index contributed by atoms with van der Waals surface area (Å²) < 4.78 is 1.62. The maximum atomic E-state index is 11.1. The van der Waals surface area contributed by atoms with E-state index in [-0.39, 0.29) is 5.56 Å². The van der Waals surface area contributed by atoms with Gasteiger partial charge in [-0.2, -0.15) is 0 Å². The topological polar surface area (TPSA) is 48.0 Å². The van der Waals surface area contributed by atoms with Gasteiger partial charge in [-0.3, -0.25) is 4.79 Å². The van der Waals surface area contributed by atoms with E-state index in [2.05, 4.69) is 0 Å². The van der Waals surface area contributed by atoms with Crippen LogP contribution in [0.2, 0.25) is 0 Å². The van der Waals surface area contributed by atoms with Crippen molar-refractivity contribution >= 4 is 0 Å². The number of hydrogen-bond acceptors (Lipinski definition) is 2. The van der Waals surface area contributed by atoms with Gasteiger partial charge in [0, 0.05) is 25.4 Å². The van der Waals surface area contributed by atoms with Gasteiger partial charge >= 0.3 is 0 Å². The lowest BCUT2D eigenvalue weighted by atomic mass is 10.4. The first-order valence-corrected chi connectivity index (χ1v) is 3.85. The Morgan fingerprint density at radius 1 is 1.42 bits per heavy atom. The van der Waals surface area contributed by atoms with Crippen LogP contribution in [-0.2, 0) is 6.54 Å². The number of nitrogens with zero attached hydrogens (tertiary/aromatic N) is 1. The van der Waals surface area contributed by atoms with Crippen molar-refractivity contribution < 1.29 is 0 Å². The van der Waals surface area contributed by atoms with Crippen molar-refractivity contribution in [3.63, 3.8) is 0 Å². The van der Waals surface area contributed by atoms with Gasteiger partial charge in [0.15, 0.2) is 0 Å². The van der Waals surface area contributed by atoms with E-state index in [9.17, 15) is 4.79 Å². The Labute approximate surface area is 71.1 Å². The van der Waals surface area contributed by atoms with Gasteiger partial charge in [-0.15, -0.1) is 0 Å². The standard InChI is InChI=1S/C9H12N2O/c10-6-2-4-8-11-7-3-1-5-9(11)12/h1-5,7H,6,8,10H2. The van der Waals surface area contributed by atoms with E-state index in [1.54, 1.807) is 16.8 Å². The van der Waals surface area contributed by atoms with Crippen molar-refractivity contribution in [2.45, 2.75) is 6.54 Å². The van der Waals surface area contributed by atoms with Gasteiger partial charge in [0.25, 0.3) is 5.56 Å². The van der Waals surface area contributed by atoms with Crippen molar-refractivity contribution in [3.8, 4) is 0 Å². The van der Waals surface area contributed by atoms with Crippen molar-refractivity contribution in [3.05, 3.63) is 46.9 Å². The Kier molecular flexibility index (Phi) is 3.29. The summed E-state index contributed by atoms with van der Waals surface area (Å²) in [6.07, 6.45) is 5.46. The minimum absolute atomic E-state index is 0.0131. The van der Waals surface area contributed by atoms with Crippen molar-refractivity contribution in [1.82, 2.24) is 4.57 Å². The SMILES string of the molecule is NCC=CCn1ccccc1=O. The fourth-order valence-electron chi connectivity index (χ4n) is 0.896. The molecular formula is C9H12N2O. The van der Waals surface area contributed by atoms with E-state index in [0.717, 1.165) is 0 Å². The molecule has 1 aromatic heterocycles. The highest BCUT2D eigenvalue weighted by Crippen LogP contribution is 1.82. The molecule has 1 heterocycles. The summed E-state index contributed by atoms with van der Waals surface area (Å²) in [4.78, 5) is 11.1. The van der Waals surface area contributed by atoms with Crippen LogP contribution >= 0.6 is 0 Å². The van der Waals surface area contributed by atoms with E-state index in [4.69, 9.17) is 5.73 Å². The first-order chi connectivity index (χ1) is 5.84. The smallest absolute Gasteiger partial charge is 0.250 e. The summed E-state index contributed by atoms with van der Waals surface area (Å²) in [6, 6.07) is 5.10. The average Bonchev–Trinajstić information content (AvgIpc) is 2.09. The summed E-state index contributed by atoms with van der Waals surface area (Å²) in [5.74, 6) is 0. The number of hydrogen-bond donors (Lipinski definition) is 1. The molecule has 0 fully saturated rings. The highest BCUT2D eigenvalue weighted by Gasteiger charge is 1.87. The summed E-state index contributed by atoms with van der Waals surface area (Å²) in [5, 5.41) is 0. The summed E-state index contributed by atoms with van der Waals surface area (Å²) in [7, 11) is 0. The molecule has 64 valence electrons. The lowest BCUT2D eigenvalue weighted by Gasteiger charge is -1.98. The zero-order valence-corrected chi connectivity index (χ0v) is 6.81. The number of allylic oxidation sites excluding steroid dienone is 1. The molecule has 0 radical (unpaired) electrons. The van der Waals surface area contributed by atoms with Gasteiger partial charge in [-0.05, 0) is 6.07 Å². The third-order valence-corrected chi connectivity index (χ3v) is 1.50. The number of rotatable bonds is 3. The van der Waals surface area contributed by atoms with Gasteiger partial charge in [0.1, 0.15) is 0 Å². The molecule has 3 heteroatoms. The molecule has 0 bridgehead atoms. The maximum absolute atomic E-state index is 11.1. The molecule has 0 atom stereocenters. The third-order valence-electron chi connectivity index (χ3n) is 1.50. The molecule has 0 spiro atoms. The van der Waals surface area contributed by atoms with Crippen LogP contribution in [-0.4, -0.2) is 11.1 Å². The fourth-order valence-corrected chi connectivity index (χ4v) is 0.896. The summed E-state index contributed by atoms with van der Waals surface area (Å²) >= 11 is 0. The van der Waals surface area contributed by atoms with E-state index in [1.165, 1.54) is 6.07 Å². The highest BCUT2D eigenvalue weighted by atomic mass is 16.1. The van der Waals surface area contributed by atoms with Crippen molar-refractivity contribution in [2.24, 2.45) is 5.73 Å². The number of pyridine rings is 1. The molecular weight excluding hydrogens is 152 g/mol. The quantitative estimate of drug-likeness (QED) is 0.656. The second-order valence-corrected chi connectivity index (χ2v) is 2.40. The van der Waals surface area contributed by atoms with E-state index in [1.807, 2.05) is 18.2 Å². The fraction of sp³-hybridized carbons (Fsp3) is 0.222. The first-order valence-electron chi connectivity index (χ1n) is 3.85. The number of nitrogens with two attached hydrogens (primary N) is 1.